The normalized spacial score (nSPS) is 17.4. The van der Waals surface area contributed by atoms with Crippen molar-refractivity contribution in [1.82, 2.24) is 0 Å². The van der Waals surface area contributed by atoms with E-state index in [2.05, 4.69) is 51.9 Å². The lowest BCUT2D eigenvalue weighted by molar-refractivity contribution is 0.408. The van der Waals surface area contributed by atoms with Crippen LogP contribution < -0.4 is 0 Å². The molecule has 1 rings (SSSR count). The zero-order valence-electron chi connectivity index (χ0n) is 11.1. The predicted octanol–water partition coefficient (Wildman–Crippen LogP) is 4.81. The topological polar surface area (TPSA) is 12.4 Å². The third kappa shape index (κ3) is 5.02. The molecule has 0 spiro atoms. The molecule has 0 fully saturated rings. The molecule has 1 aliphatic rings. The maximum atomic E-state index is 4.51. The van der Waals surface area contributed by atoms with Gasteiger partial charge in [0.15, 0.2) is 0 Å². The Morgan fingerprint density at radius 1 is 1.50 bits per heavy atom. The van der Waals surface area contributed by atoms with Crippen molar-refractivity contribution in [2.45, 2.75) is 47.5 Å². The fourth-order valence-corrected chi connectivity index (χ4v) is 2.43. The van der Waals surface area contributed by atoms with Crippen LogP contribution in [0.25, 0.3) is 0 Å². The molecule has 1 heterocycles. The molecule has 0 N–H and O–H groups in total. The molecule has 0 unspecified atom stereocenters. The van der Waals surface area contributed by atoms with Crippen molar-refractivity contribution in [3.05, 3.63) is 22.8 Å². The average Bonchev–Trinajstić information content (AvgIpc) is 2.59. The van der Waals surface area contributed by atoms with Gasteiger partial charge < -0.3 is 0 Å². The van der Waals surface area contributed by atoms with E-state index in [9.17, 15) is 0 Å². The summed E-state index contributed by atoms with van der Waals surface area (Å²) in [6.07, 6.45) is 6.48. The van der Waals surface area contributed by atoms with Crippen LogP contribution in [0.3, 0.4) is 0 Å². The fraction of sp³-hybridized carbons (Fsp3) is 0.643. The van der Waals surface area contributed by atoms with Crippen LogP contribution in [0.5, 0.6) is 0 Å². The van der Waals surface area contributed by atoms with Crippen molar-refractivity contribution in [2.75, 3.05) is 5.75 Å². The smallest absolute Gasteiger partial charge is 0.0366 e. The van der Waals surface area contributed by atoms with Crippen LogP contribution in [0.15, 0.2) is 27.7 Å². The Kier molecular flexibility index (Phi) is 4.85. The minimum absolute atomic E-state index is 0.378. The molecule has 0 aliphatic carbocycles. The van der Waals surface area contributed by atoms with E-state index in [1.165, 1.54) is 16.2 Å². The Hall–Kier alpha value is -0.500. The molecular weight excluding hydrogens is 214 g/mol. The molecule has 0 aromatic carbocycles. The summed E-state index contributed by atoms with van der Waals surface area (Å²) in [5, 5.41) is 0. The Morgan fingerprint density at radius 2 is 2.19 bits per heavy atom. The SMILES string of the molecule is C/C=C(\C)SCC1=NC=C(CC(C)(C)C)C1. The lowest BCUT2D eigenvalue weighted by Gasteiger charge is -2.18. The first-order valence-corrected chi connectivity index (χ1v) is 6.88. The molecule has 0 saturated heterocycles. The van der Waals surface area contributed by atoms with Crippen molar-refractivity contribution in [3.63, 3.8) is 0 Å². The maximum Gasteiger partial charge on any atom is 0.0366 e. The first-order valence-electron chi connectivity index (χ1n) is 5.90. The van der Waals surface area contributed by atoms with Gasteiger partial charge in [-0.25, -0.2) is 0 Å². The van der Waals surface area contributed by atoms with Crippen LogP contribution in [0.1, 0.15) is 47.5 Å². The molecule has 16 heavy (non-hydrogen) atoms. The van der Waals surface area contributed by atoms with Crippen LogP contribution in [-0.2, 0) is 0 Å². The molecule has 1 aliphatic heterocycles. The average molecular weight is 237 g/mol. The zero-order chi connectivity index (χ0) is 12.2. The maximum absolute atomic E-state index is 4.51. The van der Waals surface area contributed by atoms with E-state index in [0.717, 1.165) is 18.6 Å². The molecule has 1 nitrogen and oxygen atoms in total. The van der Waals surface area contributed by atoms with Crippen molar-refractivity contribution in [2.24, 2.45) is 10.4 Å². The van der Waals surface area contributed by atoms with Crippen molar-refractivity contribution < 1.29 is 0 Å². The molecule has 0 bridgehead atoms. The monoisotopic (exact) mass is 237 g/mol. The summed E-state index contributed by atoms with van der Waals surface area (Å²) in [6.45, 7) is 11.1. The highest BCUT2D eigenvalue weighted by molar-refractivity contribution is 8.03. The van der Waals surface area contributed by atoms with E-state index < -0.39 is 0 Å². The molecule has 90 valence electrons. The first kappa shape index (κ1) is 13.6. The third-order valence-corrected chi connectivity index (χ3v) is 3.66. The summed E-state index contributed by atoms with van der Waals surface area (Å²) in [6, 6.07) is 0. The number of hydrogen-bond donors (Lipinski definition) is 0. The molecule has 0 radical (unpaired) electrons. The lowest BCUT2D eigenvalue weighted by atomic mass is 9.87. The number of thioether (sulfide) groups is 1. The second-order valence-electron chi connectivity index (χ2n) is 5.58. The van der Waals surface area contributed by atoms with E-state index >= 15 is 0 Å². The number of aliphatic imine (C=N–C) groups is 1. The zero-order valence-corrected chi connectivity index (χ0v) is 11.9. The van der Waals surface area contributed by atoms with Gasteiger partial charge in [0, 0.05) is 24.1 Å². The van der Waals surface area contributed by atoms with Gasteiger partial charge in [0.05, 0.1) is 0 Å². The second-order valence-corrected chi connectivity index (χ2v) is 6.81. The molecule has 0 aromatic rings. The summed E-state index contributed by atoms with van der Waals surface area (Å²) < 4.78 is 0. The van der Waals surface area contributed by atoms with Gasteiger partial charge in [-0.1, -0.05) is 26.8 Å². The number of nitrogens with zero attached hydrogens (tertiary/aromatic N) is 1. The van der Waals surface area contributed by atoms with Crippen LogP contribution in [0.4, 0.5) is 0 Å². The van der Waals surface area contributed by atoms with Gasteiger partial charge in [-0.05, 0) is 36.2 Å². The second kappa shape index (κ2) is 5.72. The molecule has 2 heteroatoms. The number of allylic oxidation sites excluding steroid dienone is 3. The molecule has 0 saturated carbocycles. The highest BCUT2D eigenvalue weighted by Gasteiger charge is 2.17. The van der Waals surface area contributed by atoms with Crippen molar-refractivity contribution >= 4 is 17.5 Å². The van der Waals surface area contributed by atoms with Crippen LogP contribution in [0.2, 0.25) is 0 Å². The van der Waals surface area contributed by atoms with Gasteiger partial charge in [0.2, 0.25) is 0 Å². The molecular formula is C14H23NS. The van der Waals surface area contributed by atoms with Crippen LogP contribution in [0, 0.1) is 5.41 Å². The predicted molar refractivity (Wildman–Crippen MR) is 76.1 cm³/mol. The van der Waals surface area contributed by atoms with E-state index in [-0.39, 0.29) is 0 Å². The highest BCUT2D eigenvalue weighted by atomic mass is 32.2. The fourth-order valence-electron chi connectivity index (χ4n) is 1.69. The molecule has 0 aromatic heterocycles. The van der Waals surface area contributed by atoms with Gasteiger partial charge in [-0.3, -0.25) is 4.99 Å². The van der Waals surface area contributed by atoms with E-state index in [4.69, 9.17) is 0 Å². The third-order valence-electron chi connectivity index (χ3n) is 2.49. The lowest BCUT2D eigenvalue weighted by Crippen LogP contribution is -2.07. The quantitative estimate of drug-likeness (QED) is 0.683. The summed E-state index contributed by atoms with van der Waals surface area (Å²) in [7, 11) is 0. The van der Waals surface area contributed by atoms with Gasteiger partial charge >= 0.3 is 0 Å². The van der Waals surface area contributed by atoms with E-state index in [0.29, 0.717) is 5.41 Å². The summed E-state index contributed by atoms with van der Waals surface area (Å²) >= 11 is 1.89. The van der Waals surface area contributed by atoms with Gasteiger partial charge in [-0.15, -0.1) is 11.8 Å². The summed E-state index contributed by atoms with van der Waals surface area (Å²) in [5.41, 5.74) is 3.19. The minimum atomic E-state index is 0.378. The van der Waals surface area contributed by atoms with Crippen LogP contribution in [-0.4, -0.2) is 11.5 Å². The number of rotatable bonds is 4. The molecule has 0 atom stereocenters. The highest BCUT2D eigenvalue weighted by Crippen LogP contribution is 2.29. The standard InChI is InChI=1S/C14H23NS/c1-6-11(2)16-10-13-7-12(9-15-13)8-14(3,4)5/h6,9H,7-8,10H2,1-5H3/b11-6+. The Labute approximate surface area is 104 Å². The van der Waals surface area contributed by atoms with Gasteiger partial charge in [0.25, 0.3) is 0 Å². The summed E-state index contributed by atoms with van der Waals surface area (Å²) in [5.74, 6) is 1.04. The molecule has 0 amide bonds. The van der Waals surface area contributed by atoms with E-state index in [1.807, 2.05) is 11.8 Å². The van der Waals surface area contributed by atoms with Crippen molar-refractivity contribution in [3.8, 4) is 0 Å². The van der Waals surface area contributed by atoms with Gasteiger partial charge in [-0.2, -0.15) is 0 Å². The Morgan fingerprint density at radius 3 is 2.75 bits per heavy atom. The van der Waals surface area contributed by atoms with E-state index in [1.54, 1.807) is 0 Å². The first-order chi connectivity index (χ1) is 7.40. The van der Waals surface area contributed by atoms with Crippen LogP contribution >= 0.6 is 11.8 Å². The summed E-state index contributed by atoms with van der Waals surface area (Å²) in [4.78, 5) is 5.90. The number of hydrogen-bond acceptors (Lipinski definition) is 2. The largest absolute Gasteiger partial charge is 0.264 e. The minimum Gasteiger partial charge on any atom is -0.264 e. The van der Waals surface area contributed by atoms with Crippen molar-refractivity contribution in [1.29, 1.82) is 0 Å². The Bertz CT molecular complexity index is 329. The van der Waals surface area contributed by atoms with Gasteiger partial charge in [0.1, 0.15) is 0 Å². The Balaban J connectivity index is 2.33.